The molecule has 7 nitrogen and oxygen atoms in total. The smallest absolute Gasteiger partial charge is 0.350 e. The maximum Gasteiger partial charge on any atom is 0.350 e. The van der Waals surface area contributed by atoms with Crippen molar-refractivity contribution in [1.82, 2.24) is 9.62 Å². The molecule has 0 spiro atoms. The number of hydrogen-bond acceptors (Lipinski definition) is 5. The van der Waals surface area contributed by atoms with Crippen molar-refractivity contribution in [2.75, 3.05) is 13.1 Å². The van der Waals surface area contributed by atoms with E-state index in [0.717, 1.165) is 12.1 Å². The average molecular weight is 367 g/mol. The molecule has 1 unspecified atom stereocenters. The van der Waals surface area contributed by atoms with Crippen LogP contribution in [0, 0.1) is 0 Å². The van der Waals surface area contributed by atoms with Gasteiger partial charge in [0, 0.05) is 24.2 Å². The number of carbonyl (C=O) groups excluding carboxylic acids is 1. The standard InChI is InChI=1S/C12H16ClN2O5PS/c1-3-7-14-12(16)15(4-2)22(19,20)11-6-5-9(13)8-10(11)21(17)18/h5-6,8H,3-4,7H2,1-2H3,(H,14,16). The van der Waals surface area contributed by atoms with Crippen molar-refractivity contribution in [3.63, 3.8) is 0 Å². The molecule has 122 valence electrons. The molecule has 1 aromatic rings. The molecule has 10 heteroatoms. The van der Waals surface area contributed by atoms with Gasteiger partial charge in [0.2, 0.25) is 5.30 Å². The van der Waals surface area contributed by atoms with Crippen LogP contribution >= 0.6 is 19.6 Å². The quantitative estimate of drug-likeness (QED) is 0.761. The van der Waals surface area contributed by atoms with Gasteiger partial charge in [-0.3, -0.25) is 0 Å². The van der Waals surface area contributed by atoms with Gasteiger partial charge in [-0.25, -0.2) is 17.5 Å². The summed E-state index contributed by atoms with van der Waals surface area (Å²) in [6, 6.07) is 2.58. The molecule has 0 fully saturated rings. The third-order valence-corrected chi connectivity index (χ3v) is 5.79. The lowest BCUT2D eigenvalue weighted by Crippen LogP contribution is -2.44. The zero-order valence-corrected chi connectivity index (χ0v) is 14.5. The Morgan fingerprint density at radius 3 is 2.55 bits per heavy atom. The van der Waals surface area contributed by atoms with Gasteiger partial charge in [-0.1, -0.05) is 23.1 Å². The van der Waals surface area contributed by atoms with Crippen molar-refractivity contribution in [2.45, 2.75) is 25.2 Å². The van der Waals surface area contributed by atoms with Gasteiger partial charge in [-0.2, -0.15) is 0 Å². The van der Waals surface area contributed by atoms with Gasteiger partial charge in [-0.05, 0) is 25.5 Å². The summed E-state index contributed by atoms with van der Waals surface area (Å²) in [5.74, 6) is 0. The summed E-state index contributed by atoms with van der Waals surface area (Å²) in [7, 11) is -7.47. The predicted molar refractivity (Wildman–Crippen MR) is 81.9 cm³/mol. The molecule has 0 heterocycles. The first-order valence-electron chi connectivity index (χ1n) is 6.50. The predicted octanol–water partition coefficient (Wildman–Crippen LogP) is 1.20. The summed E-state index contributed by atoms with van der Waals surface area (Å²) in [5, 5.41) is 2.10. The second kappa shape index (κ2) is 7.87. The van der Waals surface area contributed by atoms with Gasteiger partial charge in [-0.15, -0.1) is 0 Å². The third-order valence-electron chi connectivity index (χ3n) is 2.73. The van der Waals surface area contributed by atoms with Crippen LogP contribution in [0.1, 0.15) is 20.3 Å². The highest BCUT2D eigenvalue weighted by atomic mass is 35.5. The Hall–Kier alpha value is -1.21. The second-order valence-electron chi connectivity index (χ2n) is 4.27. The summed E-state index contributed by atoms with van der Waals surface area (Å²) in [6.45, 7) is 3.49. The van der Waals surface area contributed by atoms with Crippen LogP contribution in [-0.4, -0.2) is 31.8 Å². The molecule has 0 aliphatic carbocycles. The highest BCUT2D eigenvalue weighted by molar-refractivity contribution is 7.90. The van der Waals surface area contributed by atoms with Gasteiger partial charge >= 0.3 is 14.1 Å². The minimum Gasteiger partial charge on any atom is -0.591 e. The fourth-order valence-electron chi connectivity index (χ4n) is 1.71. The summed E-state index contributed by atoms with van der Waals surface area (Å²) < 4.78 is 37.0. The van der Waals surface area contributed by atoms with E-state index in [1.54, 1.807) is 0 Å². The third kappa shape index (κ3) is 4.16. The van der Waals surface area contributed by atoms with Crippen molar-refractivity contribution >= 4 is 41.0 Å². The zero-order chi connectivity index (χ0) is 16.9. The second-order valence-corrected chi connectivity index (χ2v) is 7.53. The number of halogens is 1. The lowest BCUT2D eigenvalue weighted by Gasteiger charge is -2.21. The lowest BCUT2D eigenvalue weighted by molar-refractivity contribution is -0.160. The number of nitrogens with one attached hydrogen (secondary N) is 1. The van der Waals surface area contributed by atoms with E-state index in [2.05, 4.69) is 5.32 Å². The van der Waals surface area contributed by atoms with E-state index in [9.17, 15) is 22.7 Å². The maximum atomic E-state index is 12.6. The number of hydrogen-bond donors (Lipinski definition) is 1. The highest BCUT2D eigenvalue weighted by Gasteiger charge is 2.33. The van der Waals surface area contributed by atoms with Crippen LogP contribution in [0.2, 0.25) is 5.02 Å². The van der Waals surface area contributed by atoms with Crippen molar-refractivity contribution < 1.29 is 22.7 Å². The van der Waals surface area contributed by atoms with E-state index < -0.39 is 34.3 Å². The average Bonchev–Trinajstić information content (AvgIpc) is 2.45. The Labute approximate surface area is 135 Å². The van der Waals surface area contributed by atoms with Crippen LogP contribution in [-0.2, 0) is 14.6 Å². The molecule has 0 saturated carbocycles. The minimum absolute atomic E-state index is 0.0895. The number of amides is 2. The Morgan fingerprint density at radius 1 is 1.41 bits per heavy atom. The van der Waals surface area contributed by atoms with Crippen molar-refractivity contribution in [3.05, 3.63) is 23.2 Å². The van der Waals surface area contributed by atoms with Gasteiger partial charge in [0.1, 0.15) is 4.90 Å². The molecule has 1 aromatic carbocycles. The summed E-state index contributed by atoms with van der Waals surface area (Å²) in [6.07, 6.45) is 0.641. The molecule has 2 amide bonds. The normalized spacial score (nSPS) is 11.9. The fourth-order valence-corrected chi connectivity index (χ4v) is 4.45. The van der Waals surface area contributed by atoms with E-state index in [1.807, 2.05) is 6.92 Å². The molecule has 1 N–H and O–H groups in total. The van der Waals surface area contributed by atoms with Crippen molar-refractivity contribution in [1.29, 1.82) is 0 Å². The van der Waals surface area contributed by atoms with Crippen molar-refractivity contribution in [3.8, 4) is 0 Å². The van der Waals surface area contributed by atoms with Crippen LogP contribution in [0.15, 0.2) is 23.1 Å². The Morgan fingerprint density at radius 2 is 2.05 bits per heavy atom. The Balaban J connectivity index is 3.33. The molecule has 1 atom stereocenters. The number of benzene rings is 1. The van der Waals surface area contributed by atoms with Crippen molar-refractivity contribution in [2.24, 2.45) is 0 Å². The first kappa shape index (κ1) is 18.8. The van der Waals surface area contributed by atoms with E-state index in [0.29, 0.717) is 17.3 Å². The molecular formula is C12H16ClN2O5PS. The lowest BCUT2D eigenvalue weighted by atomic mass is 10.4. The van der Waals surface area contributed by atoms with Crippen LogP contribution in [0.3, 0.4) is 0 Å². The Kier molecular flexibility index (Phi) is 6.74. The van der Waals surface area contributed by atoms with E-state index in [1.165, 1.54) is 13.0 Å². The molecule has 0 bridgehead atoms. The van der Waals surface area contributed by atoms with E-state index >= 15 is 0 Å². The van der Waals surface area contributed by atoms with Gasteiger partial charge < -0.3 is 10.2 Å². The fraction of sp³-hybridized carbons (Fsp3) is 0.417. The Bertz CT molecular complexity index is 680. The summed E-state index contributed by atoms with van der Waals surface area (Å²) in [5.41, 5.74) is 0. The molecule has 22 heavy (non-hydrogen) atoms. The number of rotatable bonds is 6. The van der Waals surface area contributed by atoms with Gasteiger partial charge in [0.15, 0.2) is 0 Å². The zero-order valence-electron chi connectivity index (χ0n) is 12.1. The molecule has 0 aliphatic heterocycles. The summed E-state index contributed by atoms with van der Waals surface area (Å²) in [4.78, 5) is 22.8. The van der Waals surface area contributed by atoms with E-state index in [4.69, 9.17) is 11.6 Å². The first-order valence-corrected chi connectivity index (χ1v) is 9.49. The number of urea groups is 1. The first-order chi connectivity index (χ1) is 10.3. The minimum atomic E-state index is -4.29. The van der Waals surface area contributed by atoms with Gasteiger partial charge in [0.25, 0.3) is 10.0 Å². The number of nitrogens with zero attached hydrogens (tertiary/aromatic N) is 1. The number of sulfonamides is 1. The topological polar surface area (TPSA) is 107 Å². The van der Waals surface area contributed by atoms with Crippen LogP contribution < -0.4 is 15.5 Å². The van der Waals surface area contributed by atoms with Crippen LogP contribution in [0.4, 0.5) is 4.79 Å². The van der Waals surface area contributed by atoms with Crippen LogP contribution in [0.25, 0.3) is 0 Å². The highest BCUT2D eigenvalue weighted by Crippen LogP contribution is 2.23. The molecular weight excluding hydrogens is 351 g/mol. The molecule has 0 radical (unpaired) electrons. The largest absolute Gasteiger partial charge is 0.591 e. The molecule has 1 rings (SSSR count). The summed E-state index contributed by atoms with van der Waals surface area (Å²) >= 11 is 5.70. The van der Waals surface area contributed by atoms with Gasteiger partial charge in [0.05, 0.1) is 0 Å². The molecule has 0 aliphatic rings. The monoisotopic (exact) mass is 366 g/mol. The molecule has 0 aromatic heterocycles. The SMILES string of the molecule is CCCNC(=O)N(CC)S(=O)(=O)c1ccc(Cl)cc1[P+](=O)[O-]. The number of carbonyl (C=O) groups is 1. The molecule has 0 saturated heterocycles. The van der Waals surface area contributed by atoms with E-state index in [-0.39, 0.29) is 11.6 Å². The maximum absolute atomic E-state index is 12.6. The van der Waals surface area contributed by atoms with Crippen LogP contribution in [0.5, 0.6) is 0 Å².